The number of aliphatic hydroxyl groups is 3. The number of Topliss-reactive ketones (excluding diaryl/α,β-unsaturated/α-hetero) is 2. The number of ether oxygens (including phenoxy) is 3. The normalized spacial score (nSPS) is 14.9. The molecule has 5 aromatic carbocycles. The average Bonchev–Trinajstić information content (AvgIpc) is 1.40. The molecule has 0 bridgehead atoms. The van der Waals surface area contributed by atoms with E-state index in [1.54, 1.807) is 65.7 Å². The Labute approximate surface area is 750 Å². The Morgan fingerprint density at radius 3 is 1.32 bits per heavy atom. The van der Waals surface area contributed by atoms with Gasteiger partial charge in [0.25, 0.3) is 0 Å². The molecule has 0 amide bonds. The molecule has 0 saturated heterocycles. The molecule has 10 aromatic rings. The van der Waals surface area contributed by atoms with E-state index in [1.807, 2.05) is 103 Å². The fraction of sp³-hybridized carbons (Fsp3) is 0.372. The minimum absolute atomic E-state index is 0. The molecule has 0 aliphatic heterocycles. The fourth-order valence-corrected chi connectivity index (χ4v) is 17.3. The van der Waals surface area contributed by atoms with Crippen molar-refractivity contribution in [2.75, 3.05) is 47.1 Å². The first-order valence-electron chi connectivity index (χ1n) is 39.8. The van der Waals surface area contributed by atoms with E-state index < -0.39 is 25.1 Å². The van der Waals surface area contributed by atoms with Crippen LogP contribution in [-0.4, -0.2) is 168 Å². The summed E-state index contributed by atoms with van der Waals surface area (Å²) in [6, 6.07) is 52.9. The first kappa shape index (κ1) is 106. The number of esters is 3. The van der Waals surface area contributed by atoms with Crippen molar-refractivity contribution in [3.05, 3.63) is 285 Å². The third-order valence-corrected chi connectivity index (χ3v) is 23.9. The number of allylic oxidation sites excluding steroid dienone is 1. The zero-order chi connectivity index (χ0) is 89.7. The maximum Gasteiger partial charge on any atom is 0.210 e. The van der Waals surface area contributed by atoms with Crippen LogP contribution in [0.15, 0.2) is 189 Å². The van der Waals surface area contributed by atoms with Gasteiger partial charge in [0.2, 0.25) is 1.43 Å². The monoisotopic (exact) mass is 1830 g/mol. The van der Waals surface area contributed by atoms with Gasteiger partial charge in [0.05, 0.1) is 43.1 Å². The predicted molar refractivity (Wildman–Crippen MR) is 502 cm³/mol. The number of benzene rings is 5. The second-order valence-electron chi connectivity index (χ2n) is 28.0. The van der Waals surface area contributed by atoms with E-state index >= 15 is 0 Å². The second kappa shape index (κ2) is 57.3. The number of carbonyl (C=O) groups excluding carboxylic acids is 6. The minimum Gasteiger partial charge on any atom is -0.396 e. The summed E-state index contributed by atoms with van der Waals surface area (Å²) in [7, 11) is 1.62. The number of carbonyl (C=O) groups is 6. The van der Waals surface area contributed by atoms with Gasteiger partial charge in [-0.2, -0.15) is 0 Å². The number of rotatable bonds is 24. The molecule has 0 spiro atoms. The Morgan fingerprint density at radius 2 is 0.959 bits per heavy atom. The first-order chi connectivity index (χ1) is 57.9. The van der Waals surface area contributed by atoms with Crippen LogP contribution in [0.4, 0.5) is 0 Å². The maximum absolute atomic E-state index is 11.3. The molecule has 2 saturated carbocycles. The second-order valence-corrected chi connectivity index (χ2v) is 32.0. The number of hydrogen-bond donors (Lipinski definition) is 3. The van der Waals surface area contributed by atoms with Crippen molar-refractivity contribution in [3.8, 4) is 0 Å². The number of halogens is 2. The van der Waals surface area contributed by atoms with Crippen LogP contribution in [0.1, 0.15) is 170 Å². The van der Waals surface area contributed by atoms with E-state index in [0.717, 1.165) is 106 Å². The third-order valence-electron chi connectivity index (χ3n) is 18.9. The molecule has 2 aliphatic rings. The van der Waals surface area contributed by atoms with Gasteiger partial charge in [0.1, 0.15) is 91.0 Å². The summed E-state index contributed by atoms with van der Waals surface area (Å²) in [5.41, 5.74) is 11.2. The number of aldehydes is 1. The van der Waals surface area contributed by atoms with E-state index in [9.17, 15) is 33.9 Å². The summed E-state index contributed by atoms with van der Waals surface area (Å²) >= 11 is 7.29. The zero-order valence-corrected chi connectivity index (χ0v) is 76.8. The third kappa shape index (κ3) is 34.7. The standard InChI is InChI=1S/C25H24N2P.C18H20N2O.C11H12O2.C9H12N2O2.C9H16NO3.C7H9BrN2.C7H10N2O.C6H10O3.2CH4.BHS.BrH/c1-20-22(18-26-21(2)27-20)19-28(23-12-6-3-7-13-23,24-14-8-4-9-15-24)25-16-10-5-11-17-25;1-13-15(11-19-14(2)20-13)8-9-18(10-17(18)12-21)16-6-4-3-5-7-16;12-7-10-6-11(10,8-13)9-4-2-1-3-5-9;1-4-13-9(12)8-5-10-7(3)11-6(8)2;1-5-13-9(12)8(7(2)11)6-10(3)4;1-5-7(3-8)4-9-6(2)10-5;1-5-7(4-10)3-8-6(2)9-5;1-3-9-6(8)4-5(2)7;;;1-2;/h3-18H,19H2,1-2H3;3-9,11,17,21H,10,12H2,1-2H3;1-5,8,10,12H,6-7H2;5H,4H2,1-3H3;6,8H,5H2,1-4H3;4H,3H2,1-2H3;3,10H,4H2,1-2H3;3-4H2,1-2H3;2*1H4;1H;1H/q+1;;;;+1;;;;;;;/b;9-8+;;;;;;;;;;/t;17-,18-;10-,11+;;;;;;;;;/m.00........./s1/i;;12T;;;;;;;;1D;. The quantitative estimate of drug-likeness (QED) is 0.00582. The molecule has 2 fully saturated rings. The van der Waals surface area contributed by atoms with Crippen molar-refractivity contribution in [1.29, 1.82) is 2.77 Å². The summed E-state index contributed by atoms with van der Waals surface area (Å²) in [5.74, 6) is 1.93. The predicted octanol–water partition coefficient (Wildman–Crippen LogP) is 15.1. The van der Waals surface area contributed by atoms with Crippen molar-refractivity contribution in [3.63, 3.8) is 0 Å². The van der Waals surface area contributed by atoms with E-state index in [0.29, 0.717) is 49.4 Å². The van der Waals surface area contributed by atoms with Gasteiger partial charge in [0, 0.05) is 100.0 Å². The van der Waals surface area contributed by atoms with Gasteiger partial charge in [-0.3, -0.25) is 19.2 Å². The van der Waals surface area contributed by atoms with E-state index in [1.165, 1.54) is 47.1 Å². The van der Waals surface area contributed by atoms with Gasteiger partial charge in [0.15, 0.2) is 17.9 Å². The molecule has 23 nitrogen and oxygen atoms in total. The van der Waals surface area contributed by atoms with Crippen molar-refractivity contribution in [2.45, 2.75) is 167 Å². The zero-order valence-electron chi connectivity index (χ0n) is 73.8. The topological polar surface area (TPSA) is 323 Å². The van der Waals surface area contributed by atoms with Crippen LogP contribution in [-0.2, 0) is 67.1 Å². The molecule has 5 atom stereocenters. The van der Waals surface area contributed by atoms with Crippen molar-refractivity contribution in [1.82, 2.24) is 49.8 Å². The van der Waals surface area contributed by atoms with Crippen LogP contribution in [0.2, 0.25) is 0 Å². The SMILES string of the molecule is Br.C.C.CCOC(=O)C(C=[N+](C)C)C(C)=O.CCOC(=O)CC(C)=O.CCOC(=O)c1cnc(C)nc1C.Cc1ncc(/C=C/[C@@]2(c3ccccc3)C[C@H]2CO)c(C)n1.Cc1ncc(CBr)c(C)n1.Cc1ncc(CO)c(C)n1.Cc1ncc(C[P+](c2ccccc2)(c2ccccc2)c2ccccc2)c(C)n1.[2H]B=S.[3H]OC[C@@H]1C[C@@]1(C=O)c1ccccc1. The molecule has 12 rings (SSSR count). The molecular weight excluding hydrogens is 1710 g/mol. The summed E-state index contributed by atoms with van der Waals surface area (Å²) < 4.78 is 28.3. The van der Waals surface area contributed by atoms with Crippen LogP contribution < -0.4 is 15.9 Å². The Morgan fingerprint density at radius 1 is 0.574 bits per heavy atom. The first-order valence-corrected chi connectivity index (χ1v) is 42.4. The molecule has 5 heterocycles. The van der Waals surface area contributed by atoms with Crippen LogP contribution in [0.5, 0.6) is 0 Å². The maximum atomic E-state index is 11.3. The van der Waals surface area contributed by atoms with Crippen molar-refractivity contribution < 1.29 is 62.9 Å². The molecule has 122 heavy (non-hydrogen) atoms. The van der Waals surface area contributed by atoms with Crippen molar-refractivity contribution in [2.24, 2.45) is 17.8 Å². The Balaban J connectivity index is 0.000000725. The smallest absolute Gasteiger partial charge is 0.210 e. The molecule has 5 aromatic heterocycles. The number of ketones is 2. The Bertz CT molecular complexity index is 4840. The van der Waals surface area contributed by atoms with Gasteiger partial charge in [-0.05, 0) is 176 Å². The number of aryl methyl sites for hydroxylation is 10. The number of nitrogens with zero attached hydrogens (tertiary/aromatic N) is 11. The Hall–Kier alpha value is -10.1. The van der Waals surface area contributed by atoms with Gasteiger partial charge in [-0.15, -0.1) is 17.0 Å². The molecule has 1 unspecified atom stereocenters. The number of alkyl halides is 1. The number of hydrogen-bond acceptors (Lipinski definition) is 23. The molecular formula is C94H123BBr2N11O12PS+2. The van der Waals surface area contributed by atoms with Gasteiger partial charge < -0.3 is 34.3 Å². The van der Waals surface area contributed by atoms with Crippen LogP contribution >= 0.6 is 52.2 Å². The van der Waals surface area contributed by atoms with Crippen LogP contribution in [0.3, 0.4) is 0 Å². The summed E-state index contributed by atoms with van der Waals surface area (Å²) in [6.45, 7) is 29.4. The van der Waals surface area contributed by atoms with Crippen molar-refractivity contribution >= 4 is 123 Å². The van der Waals surface area contributed by atoms with Gasteiger partial charge in [-0.25, -0.2) is 59.2 Å². The number of aliphatic hydroxyl groups excluding tert-OH is 3. The summed E-state index contributed by atoms with van der Waals surface area (Å²) in [5, 5.41) is 27.6. The number of aromatic nitrogens is 10. The molecule has 2 aliphatic carbocycles. The summed E-state index contributed by atoms with van der Waals surface area (Å²) in [6.07, 6.45) is 18.3. The molecule has 3 N–H and O–H groups in total. The minimum atomic E-state index is -1.90. The van der Waals surface area contributed by atoms with E-state index in [-0.39, 0.29) is 85.8 Å². The Kier molecular flexibility index (Phi) is 49.8. The fourth-order valence-electron chi connectivity index (χ4n) is 12.4. The largest absolute Gasteiger partial charge is 0.396 e. The van der Waals surface area contributed by atoms with Gasteiger partial charge in [-0.1, -0.05) is 158 Å². The summed E-state index contributed by atoms with van der Waals surface area (Å²) in [4.78, 5) is 107. The molecule has 0 radical (unpaired) electrons. The van der Waals surface area contributed by atoms with Crippen LogP contribution in [0, 0.1) is 87.0 Å². The molecule has 28 heteroatoms. The molecule has 652 valence electrons. The van der Waals surface area contributed by atoms with Gasteiger partial charge >= 0.3 is 38.0 Å². The van der Waals surface area contributed by atoms with Crippen LogP contribution in [0.25, 0.3) is 6.08 Å². The van der Waals surface area contributed by atoms with E-state index in [2.05, 4.69) is 222 Å². The average molecular weight is 1840 g/mol. The van der Waals surface area contributed by atoms with E-state index in [4.69, 9.17) is 17.3 Å².